The Morgan fingerprint density at radius 1 is 0.821 bits per heavy atom. The number of nitriles is 2. The number of rotatable bonds is 8. The van der Waals surface area contributed by atoms with Crippen molar-refractivity contribution < 1.29 is 18.9 Å². The van der Waals surface area contributed by atoms with Gasteiger partial charge in [-0.2, -0.15) is 10.5 Å². The first-order chi connectivity index (χ1) is 13.6. The molecule has 1 saturated carbocycles. The second-order valence-electron chi connectivity index (χ2n) is 6.12. The van der Waals surface area contributed by atoms with Crippen molar-refractivity contribution in [2.24, 2.45) is 11.3 Å². The molecule has 6 heteroatoms. The summed E-state index contributed by atoms with van der Waals surface area (Å²) < 4.78 is 23.9. The maximum Gasteiger partial charge on any atom is 0.259 e. The molecule has 1 atom stereocenters. The summed E-state index contributed by atoms with van der Waals surface area (Å²) in [6.45, 7) is 8.14. The van der Waals surface area contributed by atoms with Gasteiger partial charge in [-0.25, -0.2) is 0 Å². The van der Waals surface area contributed by atoms with E-state index in [1.165, 1.54) is 0 Å². The van der Waals surface area contributed by atoms with Crippen LogP contribution in [-0.4, -0.2) is 38.0 Å². The summed E-state index contributed by atoms with van der Waals surface area (Å²) in [6.07, 6.45) is 0. The first-order valence-corrected chi connectivity index (χ1v) is 9.52. The Morgan fingerprint density at radius 3 is 1.75 bits per heavy atom. The van der Waals surface area contributed by atoms with Gasteiger partial charge in [0.15, 0.2) is 0 Å². The van der Waals surface area contributed by atoms with Crippen molar-refractivity contribution >= 4 is 0 Å². The molecule has 0 spiro atoms. The summed E-state index contributed by atoms with van der Waals surface area (Å²) in [5.41, 5.74) is -0.940. The molecule has 6 nitrogen and oxygen atoms in total. The molecule has 0 N–H and O–H groups in total. The third kappa shape index (κ3) is 3.08. The Balaban J connectivity index is 2.70. The minimum atomic E-state index is -1.70. The van der Waals surface area contributed by atoms with Crippen LogP contribution in [-0.2, 0) is 18.9 Å². The molecule has 28 heavy (non-hydrogen) atoms. The molecule has 0 radical (unpaired) electrons. The van der Waals surface area contributed by atoms with Crippen LogP contribution in [0.4, 0.5) is 0 Å². The van der Waals surface area contributed by atoms with Gasteiger partial charge in [0.25, 0.3) is 5.79 Å². The summed E-state index contributed by atoms with van der Waals surface area (Å²) in [5.74, 6) is 2.02. The van der Waals surface area contributed by atoms with E-state index in [-0.39, 0.29) is 26.4 Å². The monoisotopic (exact) mass is 382 g/mol. The molecule has 1 unspecified atom stereocenters. The van der Waals surface area contributed by atoms with Crippen molar-refractivity contribution in [1.29, 1.82) is 10.5 Å². The maximum absolute atomic E-state index is 10.1. The number of hydrogen-bond acceptors (Lipinski definition) is 6. The fourth-order valence-electron chi connectivity index (χ4n) is 3.75. The first-order valence-electron chi connectivity index (χ1n) is 9.52. The van der Waals surface area contributed by atoms with Gasteiger partial charge in [0, 0.05) is 32.0 Å². The van der Waals surface area contributed by atoms with Crippen molar-refractivity contribution in [3.63, 3.8) is 0 Å². The lowest BCUT2D eigenvalue weighted by atomic mass is 9.51. The average molecular weight is 382 g/mol. The smallest absolute Gasteiger partial charge is 0.259 e. The third-order valence-electron chi connectivity index (χ3n) is 4.69. The van der Waals surface area contributed by atoms with E-state index in [1.54, 1.807) is 13.8 Å². The highest BCUT2D eigenvalue weighted by atomic mass is 16.8. The molecule has 148 valence electrons. The molecular formula is C22H26N2O4. The van der Waals surface area contributed by atoms with Crippen LogP contribution in [0, 0.1) is 45.8 Å². The van der Waals surface area contributed by atoms with E-state index in [0.717, 1.165) is 5.56 Å². The first kappa shape index (κ1) is 21.9. The summed E-state index contributed by atoms with van der Waals surface area (Å²) in [7, 11) is 0. The Hall–Kier alpha value is -2.40. The number of hydrogen-bond donors (Lipinski definition) is 0. The zero-order chi connectivity index (χ0) is 20.7. The molecule has 1 aliphatic carbocycles. The van der Waals surface area contributed by atoms with Gasteiger partial charge in [0.05, 0.1) is 12.1 Å². The predicted molar refractivity (Wildman–Crippen MR) is 102 cm³/mol. The summed E-state index contributed by atoms with van der Waals surface area (Å²) in [6, 6.07) is 13.6. The molecule has 1 aromatic rings. The average Bonchev–Trinajstić information content (AvgIpc) is 2.71. The van der Waals surface area contributed by atoms with Crippen molar-refractivity contribution in [1.82, 2.24) is 0 Å². The van der Waals surface area contributed by atoms with Gasteiger partial charge in [-0.05, 0) is 39.8 Å². The molecule has 0 amide bonds. The second kappa shape index (κ2) is 9.20. The van der Waals surface area contributed by atoms with E-state index in [9.17, 15) is 10.5 Å². The van der Waals surface area contributed by atoms with Crippen LogP contribution in [0.2, 0.25) is 0 Å². The van der Waals surface area contributed by atoms with Crippen molar-refractivity contribution in [3.8, 4) is 24.0 Å². The van der Waals surface area contributed by atoms with Crippen LogP contribution in [0.5, 0.6) is 0 Å². The van der Waals surface area contributed by atoms with Gasteiger partial charge in [0.2, 0.25) is 11.2 Å². The lowest BCUT2D eigenvalue weighted by Gasteiger charge is -2.64. The number of ether oxygens (including phenoxy) is 4. The van der Waals surface area contributed by atoms with Gasteiger partial charge >= 0.3 is 0 Å². The van der Waals surface area contributed by atoms with Crippen LogP contribution >= 0.6 is 0 Å². The molecule has 1 fully saturated rings. The van der Waals surface area contributed by atoms with Crippen LogP contribution < -0.4 is 0 Å². The van der Waals surface area contributed by atoms with Crippen LogP contribution in [0.3, 0.4) is 0 Å². The molecule has 0 aromatic heterocycles. The molecule has 0 heterocycles. The molecule has 0 saturated heterocycles. The molecule has 1 aliphatic rings. The Kier molecular flexibility index (Phi) is 7.19. The number of nitrogens with zero attached hydrogens (tertiary/aromatic N) is 2. The van der Waals surface area contributed by atoms with Crippen molar-refractivity contribution in [2.75, 3.05) is 26.4 Å². The minimum absolute atomic E-state index is 0.214. The lowest BCUT2D eigenvalue weighted by Crippen LogP contribution is -2.84. The van der Waals surface area contributed by atoms with E-state index in [1.807, 2.05) is 44.2 Å². The standard InChI is InChI=1S/C22H26N2O4/c1-5-25-21(26-6-2)19(15-14-18-12-10-9-11-13-18)20(16-23,17-24)22(21,27-7-3)28-8-4/h9-13,19H,5-8H2,1-4H3. The van der Waals surface area contributed by atoms with Gasteiger partial charge < -0.3 is 18.9 Å². The maximum atomic E-state index is 10.1. The van der Waals surface area contributed by atoms with E-state index >= 15 is 0 Å². The van der Waals surface area contributed by atoms with Gasteiger partial charge in [-0.3, -0.25) is 0 Å². The highest BCUT2D eigenvalue weighted by Crippen LogP contribution is 2.65. The largest absolute Gasteiger partial charge is 0.345 e. The van der Waals surface area contributed by atoms with E-state index in [4.69, 9.17) is 18.9 Å². The van der Waals surface area contributed by atoms with Crippen molar-refractivity contribution in [3.05, 3.63) is 35.9 Å². The molecule has 0 bridgehead atoms. The van der Waals surface area contributed by atoms with Gasteiger partial charge in [-0.1, -0.05) is 30.0 Å². The third-order valence-corrected chi connectivity index (χ3v) is 4.69. The fourth-order valence-corrected chi connectivity index (χ4v) is 3.75. The van der Waals surface area contributed by atoms with E-state index < -0.39 is 22.9 Å². The van der Waals surface area contributed by atoms with Crippen LogP contribution in [0.25, 0.3) is 0 Å². The molecular weight excluding hydrogens is 356 g/mol. The highest BCUT2D eigenvalue weighted by molar-refractivity contribution is 5.45. The van der Waals surface area contributed by atoms with Crippen molar-refractivity contribution in [2.45, 2.75) is 39.3 Å². The molecule has 0 aliphatic heterocycles. The lowest BCUT2D eigenvalue weighted by molar-refractivity contribution is -0.503. The zero-order valence-corrected chi connectivity index (χ0v) is 16.8. The Labute approximate surface area is 167 Å². The fraction of sp³-hybridized carbons (Fsp3) is 0.545. The quantitative estimate of drug-likeness (QED) is 0.507. The molecule has 2 rings (SSSR count). The number of benzene rings is 1. The van der Waals surface area contributed by atoms with Gasteiger partial charge in [0.1, 0.15) is 5.92 Å². The summed E-state index contributed by atoms with van der Waals surface area (Å²) in [5, 5.41) is 20.1. The van der Waals surface area contributed by atoms with Gasteiger partial charge in [-0.15, -0.1) is 0 Å². The van der Waals surface area contributed by atoms with E-state index in [2.05, 4.69) is 24.0 Å². The summed E-state index contributed by atoms with van der Waals surface area (Å²) >= 11 is 0. The van der Waals surface area contributed by atoms with E-state index in [0.29, 0.717) is 0 Å². The minimum Gasteiger partial charge on any atom is -0.345 e. The Bertz CT molecular complexity index is 772. The normalized spacial score (nSPS) is 20.7. The van der Waals surface area contributed by atoms with Crippen LogP contribution in [0.15, 0.2) is 30.3 Å². The second-order valence-corrected chi connectivity index (χ2v) is 6.12. The highest BCUT2D eigenvalue weighted by Gasteiger charge is 2.87. The molecule has 1 aromatic carbocycles. The SMILES string of the molecule is CCOC1(OCC)C(C#Cc2ccccc2)C(C#N)(C#N)C1(OCC)OCC. The zero-order valence-electron chi connectivity index (χ0n) is 16.8. The Morgan fingerprint density at radius 2 is 1.32 bits per heavy atom. The predicted octanol–water partition coefficient (Wildman–Crippen LogP) is 3.24. The topological polar surface area (TPSA) is 84.5 Å². The van der Waals surface area contributed by atoms with Crippen LogP contribution in [0.1, 0.15) is 33.3 Å². The summed E-state index contributed by atoms with van der Waals surface area (Å²) in [4.78, 5) is 0.